The van der Waals surface area contributed by atoms with E-state index in [1.165, 1.54) is 11.3 Å². The van der Waals surface area contributed by atoms with Crippen molar-refractivity contribution >= 4 is 11.8 Å². The van der Waals surface area contributed by atoms with Crippen LogP contribution in [0.1, 0.15) is 11.3 Å². The molecule has 1 heterocycles. The van der Waals surface area contributed by atoms with Crippen molar-refractivity contribution in [2.75, 3.05) is 12.0 Å². The molecule has 1 aromatic rings. The summed E-state index contributed by atoms with van der Waals surface area (Å²) in [6, 6.07) is 4.10. The molecule has 60 valence electrons. The van der Waals surface area contributed by atoms with Gasteiger partial charge in [-0.25, -0.2) is 0 Å². The molecule has 1 aromatic heterocycles. The van der Waals surface area contributed by atoms with Gasteiger partial charge in [0.25, 0.3) is 0 Å². The first-order valence-corrected chi connectivity index (χ1v) is 5.13. The molecule has 0 aliphatic heterocycles. The van der Waals surface area contributed by atoms with Crippen LogP contribution >= 0.6 is 11.8 Å². The second-order valence-electron chi connectivity index (χ2n) is 2.51. The fourth-order valence-electron chi connectivity index (χ4n) is 0.979. The predicted molar refractivity (Wildman–Crippen MR) is 51.1 cm³/mol. The molecule has 0 saturated carbocycles. The van der Waals surface area contributed by atoms with Crippen LogP contribution in [0, 0.1) is 6.92 Å². The van der Waals surface area contributed by atoms with E-state index in [0.29, 0.717) is 0 Å². The molecule has 0 aliphatic carbocycles. The third-order valence-electron chi connectivity index (χ3n) is 1.66. The summed E-state index contributed by atoms with van der Waals surface area (Å²) in [5.41, 5.74) is 2.54. The van der Waals surface area contributed by atoms with Gasteiger partial charge in [-0.05, 0) is 37.0 Å². The van der Waals surface area contributed by atoms with Crippen molar-refractivity contribution in [2.45, 2.75) is 13.3 Å². The molecule has 0 aliphatic rings. The van der Waals surface area contributed by atoms with Gasteiger partial charge in [-0.2, -0.15) is 11.8 Å². The standard InChI is InChI=1S/C9H13NS/c1-8-4-3-6-10-9(8)5-7-11-2/h3-4,6H,5,7H2,1-2H3. The minimum atomic E-state index is 1.09. The highest BCUT2D eigenvalue weighted by atomic mass is 32.2. The number of aromatic nitrogens is 1. The summed E-state index contributed by atoms with van der Waals surface area (Å²) in [6.07, 6.45) is 5.08. The highest BCUT2D eigenvalue weighted by molar-refractivity contribution is 7.98. The van der Waals surface area contributed by atoms with Gasteiger partial charge in [0, 0.05) is 11.9 Å². The average Bonchev–Trinajstić information content (AvgIpc) is 2.03. The van der Waals surface area contributed by atoms with Gasteiger partial charge < -0.3 is 0 Å². The Morgan fingerprint density at radius 1 is 1.55 bits per heavy atom. The number of aryl methyl sites for hydroxylation is 2. The van der Waals surface area contributed by atoms with Crippen molar-refractivity contribution < 1.29 is 0 Å². The number of hydrogen-bond acceptors (Lipinski definition) is 2. The molecule has 0 unspecified atom stereocenters. The van der Waals surface area contributed by atoms with Crippen LogP contribution in [0.15, 0.2) is 18.3 Å². The number of rotatable bonds is 3. The van der Waals surface area contributed by atoms with Crippen molar-refractivity contribution in [3.05, 3.63) is 29.6 Å². The minimum Gasteiger partial charge on any atom is -0.261 e. The SMILES string of the molecule is CSCCc1ncccc1C. The van der Waals surface area contributed by atoms with E-state index in [9.17, 15) is 0 Å². The van der Waals surface area contributed by atoms with Crippen LogP contribution in [0.4, 0.5) is 0 Å². The lowest BCUT2D eigenvalue weighted by Gasteiger charge is -2.01. The molecule has 0 aromatic carbocycles. The van der Waals surface area contributed by atoms with Gasteiger partial charge in [0.1, 0.15) is 0 Å². The normalized spacial score (nSPS) is 10.0. The van der Waals surface area contributed by atoms with Crippen molar-refractivity contribution in [3.63, 3.8) is 0 Å². The van der Waals surface area contributed by atoms with Gasteiger partial charge >= 0.3 is 0 Å². The average molecular weight is 167 g/mol. The zero-order valence-electron chi connectivity index (χ0n) is 7.00. The maximum atomic E-state index is 4.30. The first-order valence-electron chi connectivity index (χ1n) is 3.74. The Kier molecular flexibility index (Phi) is 3.43. The lowest BCUT2D eigenvalue weighted by atomic mass is 10.2. The maximum Gasteiger partial charge on any atom is 0.0440 e. The molecule has 0 saturated heterocycles. The lowest BCUT2D eigenvalue weighted by molar-refractivity contribution is 1.02. The first-order chi connectivity index (χ1) is 5.34. The number of hydrogen-bond donors (Lipinski definition) is 0. The summed E-state index contributed by atoms with van der Waals surface area (Å²) in [4.78, 5) is 4.30. The van der Waals surface area contributed by atoms with Crippen LogP contribution < -0.4 is 0 Å². The van der Waals surface area contributed by atoms with Gasteiger partial charge in [0.15, 0.2) is 0 Å². The van der Waals surface area contributed by atoms with Gasteiger partial charge in [-0.15, -0.1) is 0 Å². The summed E-state index contributed by atoms with van der Waals surface area (Å²) in [6.45, 7) is 2.11. The van der Waals surface area contributed by atoms with Gasteiger partial charge in [-0.3, -0.25) is 4.98 Å². The number of nitrogens with zero attached hydrogens (tertiary/aromatic N) is 1. The van der Waals surface area contributed by atoms with E-state index in [1.807, 2.05) is 24.0 Å². The van der Waals surface area contributed by atoms with Crippen molar-refractivity contribution in [1.82, 2.24) is 4.98 Å². The zero-order chi connectivity index (χ0) is 8.10. The van der Waals surface area contributed by atoms with Crippen LogP contribution in [0.25, 0.3) is 0 Å². The van der Waals surface area contributed by atoms with Gasteiger partial charge in [-0.1, -0.05) is 6.07 Å². The second-order valence-corrected chi connectivity index (χ2v) is 3.50. The molecule has 11 heavy (non-hydrogen) atoms. The molecule has 0 N–H and O–H groups in total. The molecule has 1 rings (SSSR count). The van der Waals surface area contributed by atoms with E-state index < -0.39 is 0 Å². The Morgan fingerprint density at radius 2 is 2.36 bits per heavy atom. The first kappa shape index (κ1) is 8.60. The third-order valence-corrected chi connectivity index (χ3v) is 2.27. The van der Waals surface area contributed by atoms with Crippen LogP contribution in [-0.2, 0) is 6.42 Å². The fourth-order valence-corrected chi connectivity index (χ4v) is 1.38. The summed E-state index contributed by atoms with van der Waals surface area (Å²) in [7, 11) is 0. The topological polar surface area (TPSA) is 12.9 Å². The summed E-state index contributed by atoms with van der Waals surface area (Å²) < 4.78 is 0. The van der Waals surface area contributed by atoms with E-state index in [0.717, 1.165) is 12.2 Å². The molecule has 0 bridgehead atoms. The van der Waals surface area contributed by atoms with E-state index in [-0.39, 0.29) is 0 Å². The van der Waals surface area contributed by atoms with Gasteiger partial charge in [0.05, 0.1) is 0 Å². The Morgan fingerprint density at radius 3 is 3.00 bits per heavy atom. The van der Waals surface area contributed by atoms with Crippen molar-refractivity contribution in [2.24, 2.45) is 0 Å². The number of thioether (sulfide) groups is 1. The van der Waals surface area contributed by atoms with Crippen LogP contribution in [0.2, 0.25) is 0 Å². The second kappa shape index (κ2) is 4.39. The Bertz CT molecular complexity index is 223. The fraction of sp³-hybridized carbons (Fsp3) is 0.444. The summed E-state index contributed by atoms with van der Waals surface area (Å²) in [5, 5.41) is 0. The van der Waals surface area contributed by atoms with Crippen LogP contribution in [0.5, 0.6) is 0 Å². The van der Waals surface area contributed by atoms with Crippen molar-refractivity contribution in [1.29, 1.82) is 0 Å². The molecule has 0 spiro atoms. The van der Waals surface area contributed by atoms with E-state index in [2.05, 4.69) is 24.2 Å². The summed E-state index contributed by atoms with van der Waals surface area (Å²) >= 11 is 1.87. The molecule has 0 atom stereocenters. The third kappa shape index (κ3) is 2.54. The Balaban J connectivity index is 2.62. The van der Waals surface area contributed by atoms with Gasteiger partial charge in [0.2, 0.25) is 0 Å². The largest absolute Gasteiger partial charge is 0.261 e. The Labute approximate surface area is 72.2 Å². The highest BCUT2D eigenvalue weighted by Crippen LogP contribution is 2.06. The maximum absolute atomic E-state index is 4.30. The molecule has 0 radical (unpaired) electrons. The van der Waals surface area contributed by atoms with E-state index in [1.54, 1.807) is 0 Å². The minimum absolute atomic E-state index is 1.09. The quantitative estimate of drug-likeness (QED) is 0.685. The summed E-state index contributed by atoms with van der Waals surface area (Å²) in [5.74, 6) is 1.16. The van der Waals surface area contributed by atoms with Crippen molar-refractivity contribution in [3.8, 4) is 0 Å². The molecule has 1 nitrogen and oxygen atoms in total. The lowest BCUT2D eigenvalue weighted by Crippen LogP contribution is -1.94. The smallest absolute Gasteiger partial charge is 0.0440 e. The number of pyridine rings is 1. The molecule has 0 amide bonds. The zero-order valence-corrected chi connectivity index (χ0v) is 7.82. The van der Waals surface area contributed by atoms with Crippen LogP contribution in [-0.4, -0.2) is 17.0 Å². The monoisotopic (exact) mass is 167 g/mol. The van der Waals surface area contributed by atoms with E-state index >= 15 is 0 Å². The predicted octanol–water partition coefficient (Wildman–Crippen LogP) is 2.30. The van der Waals surface area contributed by atoms with Crippen LogP contribution in [0.3, 0.4) is 0 Å². The molecule has 0 fully saturated rings. The highest BCUT2D eigenvalue weighted by Gasteiger charge is 1.96. The van der Waals surface area contributed by atoms with E-state index in [4.69, 9.17) is 0 Å². The Hall–Kier alpha value is -0.500. The molecular weight excluding hydrogens is 154 g/mol. The molecule has 2 heteroatoms. The molecular formula is C9H13NS.